The van der Waals surface area contributed by atoms with Crippen LogP contribution >= 0.6 is 0 Å². The average Bonchev–Trinajstić information content (AvgIpc) is 3.03. The molecule has 7 heteroatoms. The number of fused-ring (bicyclic) bond motifs is 1. The smallest absolute Gasteiger partial charge is 0.326 e. The second-order valence-electron chi connectivity index (χ2n) is 7.07. The maximum atomic E-state index is 12.6. The lowest BCUT2D eigenvalue weighted by Gasteiger charge is -2.21. The van der Waals surface area contributed by atoms with Gasteiger partial charge in [0.25, 0.3) is 0 Å². The Balaban J connectivity index is 2.14. The molecule has 146 valence electrons. The normalized spacial score (nSPS) is 13.3. The fourth-order valence-electron chi connectivity index (χ4n) is 3.15. The number of esters is 1. The molecule has 0 saturated heterocycles. The number of benzene rings is 1. The number of nitrogens with one attached hydrogen (secondary N) is 2. The van der Waals surface area contributed by atoms with Crippen LogP contribution in [-0.4, -0.2) is 41.1 Å². The third-order valence-corrected chi connectivity index (χ3v) is 4.48. The SMILES string of the molecule is COC(=O)C[C@@H](CC(C)C)C(=O)N[C@@H](Cc1c[nH]c2ccccc12)C(=O)O. The summed E-state index contributed by atoms with van der Waals surface area (Å²) in [6.07, 6.45) is 2.31. The highest BCUT2D eigenvalue weighted by Crippen LogP contribution is 2.20. The van der Waals surface area contributed by atoms with E-state index in [1.54, 1.807) is 6.20 Å². The van der Waals surface area contributed by atoms with Gasteiger partial charge in [0.05, 0.1) is 13.5 Å². The zero-order valence-electron chi connectivity index (χ0n) is 15.8. The zero-order valence-corrected chi connectivity index (χ0v) is 15.8. The third-order valence-electron chi connectivity index (χ3n) is 4.48. The van der Waals surface area contributed by atoms with Crippen molar-refractivity contribution in [2.45, 2.75) is 39.2 Å². The van der Waals surface area contributed by atoms with Crippen LogP contribution in [0.15, 0.2) is 30.5 Å². The van der Waals surface area contributed by atoms with Gasteiger partial charge < -0.3 is 20.1 Å². The van der Waals surface area contributed by atoms with Crippen molar-refractivity contribution in [3.05, 3.63) is 36.0 Å². The molecule has 3 N–H and O–H groups in total. The summed E-state index contributed by atoms with van der Waals surface area (Å²) in [6.45, 7) is 3.89. The largest absolute Gasteiger partial charge is 0.480 e. The molecular weight excluding hydrogens is 348 g/mol. The summed E-state index contributed by atoms with van der Waals surface area (Å²) in [5.74, 6) is -2.49. The van der Waals surface area contributed by atoms with E-state index < -0.39 is 29.8 Å². The molecule has 2 aromatic rings. The van der Waals surface area contributed by atoms with Crippen molar-refractivity contribution in [2.75, 3.05) is 7.11 Å². The molecule has 0 aliphatic carbocycles. The lowest BCUT2D eigenvalue weighted by Crippen LogP contribution is -2.45. The van der Waals surface area contributed by atoms with E-state index in [-0.39, 0.29) is 18.8 Å². The maximum Gasteiger partial charge on any atom is 0.326 e. The molecule has 1 amide bonds. The molecule has 1 aromatic heterocycles. The third kappa shape index (κ3) is 5.57. The molecule has 0 aliphatic heterocycles. The Bertz CT molecular complexity index is 812. The number of aromatic nitrogens is 1. The molecule has 7 nitrogen and oxygen atoms in total. The van der Waals surface area contributed by atoms with E-state index in [0.717, 1.165) is 16.5 Å². The summed E-state index contributed by atoms with van der Waals surface area (Å²) in [5.41, 5.74) is 1.72. The van der Waals surface area contributed by atoms with Gasteiger partial charge in [0, 0.05) is 29.4 Å². The summed E-state index contributed by atoms with van der Waals surface area (Å²) in [5, 5.41) is 13.1. The van der Waals surface area contributed by atoms with E-state index in [2.05, 4.69) is 15.0 Å². The Labute approximate surface area is 158 Å². The molecule has 2 rings (SSSR count). The molecule has 0 spiro atoms. The van der Waals surface area contributed by atoms with Crippen LogP contribution in [0.5, 0.6) is 0 Å². The van der Waals surface area contributed by atoms with Crippen molar-refractivity contribution >= 4 is 28.7 Å². The Morgan fingerprint density at radius 2 is 1.93 bits per heavy atom. The Hall–Kier alpha value is -2.83. The fourth-order valence-corrected chi connectivity index (χ4v) is 3.15. The van der Waals surface area contributed by atoms with Crippen molar-refractivity contribution in [2.24, 2.45) is 11.8 Å². The van der Waals surface area contributed by atoms with Crippen LogP contribution in [-0.2, 0) is 25.5 Å². The van der Waals surface area contributed by atoms with Crippen LogP contribution in [0.25, 0.3) is 10.9 Å². The van der Waals surface area contributed by atoms with Crippen molar-refractivity contribution in [1.82, 2.24) is 10.3 Å². The second kappa shape index (κ2) is 9.21. The first kappa shape index (κ1) is 20.5. The molecule has 0 unspecified atom stereocenters. The summed E-state index contributed by atoms with van der Waals surface area (Å²) in [4.78, 5) is 39.1. The number of hydrogen-bond donors (Lipinski definition) is 3. The molecule has 0 saturated carbocycles. The first-order valence-corrected chi connectivity index (χ1v) is 8.96. The number of carboxylic acid groups (broad SMARTS) is 1. The highest BCUT2D eigenvalue weighted by atomic mass is 16.5. The van der Waals surface area contributed by atoms with Crippen molar-refractivity contribution < 1.29 is 24.2 Å². The molecular formula is C20H26N2O5. The van der Waals surface area contributed by atoms with E-state index in [1.165, 1.54) is 7.11 Å². The number of aromatic amines is 1. The van der Waals surface area contributed by atoms with Crippen LogP contribution < -0.4 is 5.32 Å². The number of ether oxygens (including phenoxy) is 1. The number of para-hydroxylation sites is 1. The highest BCUT2D eigenvalue weighted by Gasteiger charge is 2.28. The maximum absolute atomic E-state index is 12.6. The van der Waals surface area contributed by atoms with E-state index in [0.29, 0.717) is 6.42 Å². The quantitative estimate of drug-likeness (QED) is 0.585. The molecule has 0 aliphatic rings. The van der Waals surface area contributed by atoms with Crippen molar-refractivity contribution in [1.29, 1.82) is 0 Å². The van der Waals surface area contributed by atoms with E-state index in [1.807, 2.05) is 38.1 Å². The Morgan fingerprint density at radius 3 is 2.56 bits per heavy atom. The van der Waals surface area contributed by atoms with E-state index >= 15 is 0 Å². The minimum Gasteiger partial charge on any atom is -0.480 e. The molecule has 27 heavy (non-hydrogen) atoms. The summed E-state index contributed by atoms with van der Waals surface area (Å²) >= 11 is 0. The first-order valence-electron chi connectivity index (χ1n) is 8.96. The average molecular weight is 374 g/mol. The van der Waals surface area contributed by atoms with Gasteiger partial charge in [0.2, 0.25) is 5.91 Å². The minimum absolute atomic E-state index is 0.0695. The molecule has 0 fully saturated rings. The number of carbonyl (C=O) groups is 3. The summed E-state index contributed by atoms with van der Waals surface area (Å²) in [6, 6.07) is 6.50. The van der Waals surface area contributed by atoms with Gasteiger partial charge in [-0.2, -0.15) is 0 Å². The van der Waals surface area contributed by atoms with Gasteiger partial charge in [-0.05, 0) is 24.0 Å². The van der Waals surface area contributed by atoms with Crippen LogP contribution in [0.4, 0.5) is 0 Å². The van der Waals surface area contributed by atoms with Gasteiger partial charge in [0.15, 0.2) is 0 Å². The topological polar surface area (TPSA) is 108 Å². The highest BCUT2D eigenvalue weighted by molar-refractivity contribution is 5.89. The van der Waals surface area contributed by atoms with Gasteiger partial charge in [0.1, 0.15) is 6.04 Å². The zero-order chi connectivity index (χ0) is 20.0. The van der Waals surface area contributed by atoms with E-state index in [4.69, 9.17) is 0 Å². The molecule has 0 bridgehead atoms. The molecule has 2 atom stereocenters. The van der Waals surface area contributed by atoms with Crippen LogP contribution in [0.1, 0.15) is 32.3 Å². The molecule has 1 aromatic carbocycles. The van der Waals surface area contributed by atoms with Gasteiger partial charge in [-0.3, -0.25) is 9.59 Å². The summed E-state index contributed by atoms with van der Waals surface area (Å²) < 4.78 is 4.66. The number of carbonyl (C=O) groups excluding carboxylic acids is 2. The van der Waals surface area contributed by atoms with Crippen LogP contribution in [0.3, 0.4) is 0 Å². The lowest BCUT2D eigenvalue weighted by atomic mass is 9.92. The number of rotatable bonds is 9. The van der Waals surface area contributed by atoms with Gasteiger partial charge in [-0.1, -0.05) is 32.0 Å². The van der Waals surface area contributed by atoms with Crippen molar-refractivity contribution in [3.63, 3.8) is 0 Å². The predicted octanol–water partition coefficient (Wildman–Crippen LogP) is 2.51. The van der Waals surface area contributed by atoms with E-state index in [9.17, 15) is 19.5 Å². The number of methoxy groups -OCH3 is 1. The fraction of sp³-hybridized carbons (Fsp3) is 0.450. The second-order valence-corrected chi connectivity index (χ2v) is 7.07. The van der Waals surface area contributed by atoms with Crippen molar-refractivity contribution in [3.8, 4) is 0 Å². The summed E-state index contributed by atoms with van der Waals surface area (Å²) in [7, 11) is 1.27. The van der Waals surface area contributed by atoms with Gasteiger partial charge in [-0.25, -0.2) is 4.79 Å². The Morgan fingerprint density at radius 1 is 1.22 bits per heavy atom. The van der Waals surface area contributed by atoms with Gasteiger partial charge >= 0.3 is 11.9 Å². The predicted molar refractivity (Wildman–Crippen MR) is 101 cm³/mol. The first-order chi connectivity index (χ1) is 12.8. The van der Waals surface area contributed by atoms with Gasteiger partial charge in [-0.15, -0.1) is 0 Å². The number of H-pyrrole nitrogens is 1. The lowest BCUT2D eigenvalue weighted by molar-refractivity contribution is -0.145. The number of amides is 1. The molecule has 1 heterocycles. The standard InChI is InChI=1S/C20H26N2O5/c1-12(2)8-13(10-18(23)27-3)19(24)22-17(20(25)26)9-14-11-21-16-7-5-4-6-15(14)16/h4-7,11-13,17,21H,8-10H2,1-3H3,(H,22,24)(H,25,26)/t13-,17+/m1/s1. The van der Waals surface area contributed by atoms with Crippen LogP contribution in [0, 0.1) is 11.8 Å². The Kier molecular flexibility index (Phi) is 6.98. The minimum atomic E-state index is -1.12. The van der Waals surface area contributed by atoms with Crippen LogP contribution in [0.2, 0.25) is 0 Å². The number of hydrogen-bond acceptors (Lipinski definition) is 4. The number of carboxylic acids is 1. The number of aliphatic carboxylic acids is 1. The monoisotopic (exact) mass is 374 g/mol. The molecule has 0 radical (unpaired) electrons.